The maximum Gasteiger partial charge on any atom is 0.223 e. The summed E-state index contributed by atoms with van der Waals surface area (Å²) in [5.41, 5.74) is 0.723. The summed E-state index contributed by atoms with van der Waals surface area (Å²) in [5, 5.41) is 10.4. The number of rotatable bonds is 6. The van der Waals surface area contributed by atoms with Gasteiger partial charge in [-0.15, -0.1) is 0 Å². The first-order valence-electron chi connectivity index (χ1n) is 7.26. The first kappa shape index (κ1) is 15.6. The predicted octanol–water partition coefficient (Wildman–Crippen LogP) is 2.00. The van der Waals surface area contributed by atoms with Crippen LogP contribution in [0.5, 0.6) is 11.5 Å². The van der Waals surface area contributed by atoms with Crippen molar-refractivity contribution in [2.45, 2.75) is 25.9 Å². The molecule has 1 fully saturated rings. The van der Waals surface area contributed by atoms with Crippen LogP contribution >= 0.6 is 0 Å². The molecule has 0 spiro atoms. The van der Waals surface area contributed by atoms with Gasteiger partial charge < -0.3 is 19.5 Å². The van der Waals surface area contributed by atoms with Gasteiger partial charge in [0.05, 0.1) is 26.9 Å². The highest BCUT2D eigenvalue weighted by Gasteiger charge is 2.29. The Bertz CT molecular complexity index is 503. The number of likely N-dealkylation sites (tertiary alicyclic amines) is 1. The van der Waals surface area contributed by atoms with Gasteiger partial charge in [0, 0.05) is 13.0 Å². The number of β-amino-alcohol motifs (C(OH)–C–C–N with tert-alkyl or cyclic N) is 1. The molecule has 2 rings (SSSR count). The van der Waals surface area contributed by atoms with Gasteiger partial charge in [0.25, 0.3) is 0 Å². The summed E-state index contributed by atoms with van der Waals surface area (Å²) >= 11 is 0. The average molecular weight is 293 g/mol. The minimum Gasteiger partial charge on any atom is -0.493 e. The monoisotopic (exact) mass is 293 g/mol. The Morgan fingerprint density at radius 2 is 2.05 bits per heavy atom. The minimum atomic E-state index is -0.718. The molecule has 2 unspecified atom stereocenters. The molecule has 2 atom stereocenters. The molecule has 1 amide bonds. The van der Waals surface area contributed by atoms with E-state index in [1.165, 1.54) is 0 Å². The third kappa shape index (κ3) is 3.47. The van der Waals surface area contributed by atoms with Crippen LogP contribution in [0.3, 0.4) is 0 Å². The first-order chi connectivity index (χ1) is 10.1. The van der Waals surface area contributed by atoms with Gasteiger partial charge >= 0.3 is 0 Å². The number of hydrogen-bond acceptors (Lipinski definition) is 4. The number of aliphatic hydroxyl groups excluding tert-OH is 1. The number of benzene rings is 1. The van der Waals surface area contributed by atoms with Gasteiger partial charge in [0.1, 0.15) is 0 Å². The van der Waals surface area contributed by atoms with E-state index in [9.17, 15) is 9.90 Å². The molecule has 0 bridgehead atoms. The Balaban J connectivity index is 2.06. The van der Waals surface area contributed by atoms with Crippen molar-refractivity contribution in [1.82, 2.24) is 4.90 Å². The molecule has 1 aliphatic heterocycles. The summed E-state index contributed by atoms with van der Waals surface area (Å²) in [6, 6.07) is 5.31. The zero-order valence-electron chi connectivity index (χ0n) is 12.8. The van der Waals surface area contributed by atoms with Gasteiger partial charge in [-0.1, -0.05) is 19.4 Å². The number of methoxy groups -OCH3 is 2. The van der Waals surface area contributed by atoms with Crippen LogP contribution < -0.4 is 9.47 Å². The molecule has 1 aliphatic rings. The Labute approximate surface area is 125 Å². The fourth-order valence-electron chi connectivity index (χ4n) is 2.68. The average Bonchev–Trinajstić information content (AvgIpc) is 2.86. The van der Waals surface area contributed by atoms with Gasteiger partial charge in [0.2, 0.25) is 5.91 Å². The highest BCUT2D eigenvalue weighted by atomic mass is 16.5. The van der Waals surface area contributed by atoms with E-state index in [1.807, 2.05) is 0 Å². The largest absolute Gasteiger partial charge is 0.493 e. The summed E-state index contributed by atoms with van der Waals surface area (Å²) in [5.74, 6) is 1.74. The van der Waals surface area contributed by atoms with Gasteiger partial charge in [-0.05, 0) is 23.6 Å². The molecule has 0 saturated carbocycles. The number of amides is 1. The molecule has 0 aromatic heterocycles. The van der Waals surface area contributed by atoms with E-state index in [2.05, 4.69) is 6.92 Å². The predicted molar refractivity (Wildman–Crippen MR) is 79.5 cm³/mol. The number of aliphatic hydroxyl groups is 1. The third-order valence-corrected chi connectivity index (χ3v) is 4.06. The lowest BCUT2D eigenvalue weighted by Crippen LogP contribution is -2.30. The number of carbonyl (C=O) groups is 1. The second-order valence-corrected chi connectivity index (χ2v) is 5.41. The van der Waals surface area contributed by atoms with Crippen LogP contribution in [-0.2, 0) is 4.79 Å². The minimum absolute atomic E-state index is 0.126. The lowest BCUT2D eigenvalue weighted by atomic mass is 10.1. The first-order valence-corrected chi connectivity index (χ1v) is 7.26. The van der Waals surface area contributed by atoms with Crippen LogP contribution in [0, 0.1) is 5.92 Å². The topological polar surface area (TPSA) is 59.0 Å². The molecule has 1 N–H and O–H groups in total. The van der Waals surface area contributed by atoms with Crippen LogP contribution in [0.1, 0.15) is 31.4 Å². The molecule has 1 saturated heterocycles. The van der Waals surface area contributed by atoms with Crippen molar-refractivity contribution in [3.05, 3.63) is 23.8 Å². The number of nitrogens with zero attached hydrogens (tertiary/aromatic N) is 1. The number of hydrogen-bond donors (Lipinski definition) is 1. The molecule has 1 aromatic rings. The Morgan fingerprint density at radius 3 is 2.62 bits per heavy atom. The zero-order chi connectivity index (χ0) is 15.4. The highest BCUT2D eigenvalue weighted by molar-refractivity contribution is 5.78. The van der Waals surface area contributed by atoms with E-state index in [0.717, 1.165) is 18.5 Å². The summed E-state index contributed by atoms with van der Waals surface area (Å²) in [4.78, 5) is 13.6. The van der Waals surface area contributed by atoms with E-state index in [0.29, 0.717) is 30.4 Å². The van der Waals surface area contributed by atoms with Gasteiger partial charge in [-0.2, -0.15) is 0 Å². The quantitative estimate of drug-likeness (QED) is 0.871. The SMILES string of the molecule is CCC1CC(=O)N(CC(O)c2ccc(OC)c(OC)c2)C1. The van der Waals surface area contributed by atoms with Crippen molar-refractivity contribution in [2.75, 3.05) is 27.3 Å². The molecular formula is C16H23NO4. The molecular weight excluding hydrogens is 270 g/mol. The van der Waals surface area contributed by atoms with Crippen molar-refractivity contribution in [2.24, 2.45) is 5.92 Å². The molecule has 5 heteroatoms. The summed E-state index contributed by atoms with van der Waals surface area (Å²) in [7, 11) is 3.13. The highest BCUT2D eigenvalue weighted by Crippen LogP contribution is 2.31. The van der Waals surface area contributed by atoms with Crippen molar-refractivity contribution < 1.29 is 19.4 Å². The number of ether oxygens (including phenoxy) is 2. The van der Waals surface area contributed by atoms with Crippen molar-refractivity contribution in [3.63, 3.8) is 0 Å². The van der Waals surface area contributed by atoms with E-state index in [-0.39, 0.29) is 5.91 Å². The van der Waals surface area contributed by atoms with Crippen LogP contribution in [-0.4, -0.2) is 43.2 Å². The normalized spacial score (nSPS) is 19.7. The van der Waals surface area contributed by atoms with E-state index in [1.54, 1.807) is 37.3 Å². The lowest BCUT2D eigenvalue weighted by molar-refractivity contribution is -0.129. The van der Waals surface area contributed by atoms with E-state index >= 15 is 0 Å². The Hall–Kier alpha value is -1.75. The maximum atomic E-state index is 11.9. The molecule has 21 heavy (non-hydrogen) atoms. The summed E-state index contributed by atoms with van der Waals surface area (Å²) < 4.78 is 10.4. The fourth-order valence-corrected chi connectivity index (χ4v) is 2.68. The second-order valence-electron chi connectivity index (χ2n) is 5.41. The zero-order valence-corrected chi connectivity index (χ0v) is 12.8. The van der Waals surface area contributed by atoms with Gasteiger partial charge in [0.15, 0.2) is 11.5 Å². The van der Waals surface area contributed by atoms with Crippen LogP contribution in [0.4, 0.5) is 0 Å². The van der Waals surface area contributed by atoms with Crippen molar-refractivity contribution in [3.8, 4) is 11.5 Å². The van der Waals surface area contributed by atoms with E-state index < -0.39 is 6.10 Å². The smallest absolute Gasteiger partial charge is 0.223 e. The van der Waals surface area contributed by atoms with Crippen LogP contribution in [0.15, 0.2) is 18.2 Å². The number of carbonyl (C=O) groups excluding carboxylic acids is 1. The molecule has 0 aliphatic carbocycles. The van der Waals surface area contributed by atoms with Crippen molar-refractivity contribution >= 4 is 5.91 Å². The van der Waals surface area contributed by atoms with E-state index in [4.69, 9.17) is 9.47 Å². The molecule has 116 valence electrons. The molecule has 0 radical (unpaired) electrons. The Kier molecular flexibility index (Phi) is 5.07. The second kappa shape index (κ2) is 6.80. The molecule has 5 nitrogen and oxygen atoms in total. The lowest BCUT2D eigenvalue weighted by Gasteiger charge is -2.21. The van der Waals surface area contributed by atoms with Crippen LogP contribution in [0.2, 0.25) is 0 Å². The molecule has 1 aromatic carbocycles. The maximum absolute atomic E-state index is 11.9. The Morgan fingerprint density at radius 1 is 1.33 bits per heavy atom. The third-order valence-electron chi connectivity index (χ3n) is 4.06. The summed E-state index contributed by atoms with van der Waals surface area (Å²) in [6.45, 7) is 3.15. The van der Waals surface area contributed by atoms with Crippen molar-refractivity contribution in [1.29, 1.82) is 0 Å². The standard InChI is InChI=1S/C16H23NO4/c1-4-11-7-16(19)17(9-11)10-13(18)12-5-6-14(20-2)15(8-12)21-3/h5-6,8,11,13,18H,4,7,9-10H2,1-3H3. The van der Waals surface area contributed by atoms with Gasteiger partial charge in [-0.25, -0.2) is 0 Å². The van der Waals surface area contributed by atoms with Crippen LogP contribution in [0.25, 0.3) is 0 Å². The fraction of sp³-hybridized carbons (Fsp3) is 0.562. The summed E-state index contributed by atoms with van der Waals surface area (Å²) in [6.07, 6.45) is 0.869. The molecule has 1 heterocycles. The van der Waals surface area contributed by atoms with Gasteiger partial charge in [-0.3, -0.25) is 4.79 Å².